The van der Waals surface area contributed by atoms with Crippen molar-refractivity contribution in [2.75, 3.05) is 13.2 Å². The van der Waals surface area contributed by atoms with Crippen LogP contribution in [0.1, 0.15) is 31.2 Å². The van der Waals surface area contributed by atoms with Crippen LogP contribution in [0.15, 0.2) is 28.7 Å². The van der Waals surface area contributed by atoms with E-state index in [2.05, 4.69) is 40.2 Å². The molecule has 1 heterocycles. The van der Waals surface area contributed by atoms with Gasteiger partial charge in [-0.1, -0.05) is 28.1 Å². The standard InChI is InChI=1S/C15H20BrNO/c16-13-5-1-11(2-6-13)15(9-18-10-15)12-3-7-14(17)8-4-12/h1-2,5-6,12,14H,3-4,7-10,17H2. The van der Waals surface area contributed by atoms with Gasteiger partial charge in [0.05, 0.1) is 13.2 Å². The van der Waals surface area contributed by atoms with Crippen LogP contribution in [0.4, 0.5) is 0 Å². The Morgan fingerprint density at radius 2 is 1.67 bits per heavy atom. The zero-order chi connectivity index (χ0) is 12.6. The van der Waals surface area contributed by atoms with Gasteiger partial charge in [-0.2, -0.15) is 0 Å². The van der Waals surface area contributed by atoms with Crippen LogP contribution in [0.5, 0.6) is 0 Å². The van der Waals surface area contributed by atoms with Gasteiger partial charge in [0.15, 0.2) is 0 Å². The quantitative estimate of drug-likeness (QED) is 0.910. The zero-order valence-electron chi connectivity index (χ0n) is 10.6. The van der Waals surface area contributed by atoms with Crippen molar-refractivity contribution in [3.8, 4) is 0 Å². The molecule has 18 heavy (non-hydrogen) atoms. The van der Waals surface area contributed by atoms with Crippen LogP contribution in [0.3, 0.4) is 0 Å². The molecule has 1 saturated heterocycles. The van der Waals surface area contributed by atoms with E-state index in [9.17, 15) is 0 Å². The number of halogens is 1. The van der Waals surface area contributed by atoms with E-state index >= 15 is 0 Å². The maximum absolute atomic E-state index is 6.02. The summed E-state index contributed by atoms with van der Waals surface area (Å²) in [6.45, 7) is 1.77. The molecule has 98 valence electrons. The fourth-order valence-corrected chi connectivity index (χ4v) is 3.68. The fraction of sp³-hybridized carbons (Fsp3) is 0.600. The van der Waals surface area contributed by atoms with Crippen molar-refractivity contribution in [3.05, 3.63) is 34.3 Å². The SMILES string of the molecule is NC1CCC(C2(c3ccc(Br)cc3)COC2)CC1. The van der Waals surface area contributed by atoms with Gasteiger partial charge in [-0.3, -0.25) is 0 Å². The summed E-state index contributed by atoms with van der Waals surface area (Å²) < 4.78 is 6.71. The van der Waals surface area contributed by atoms with Gasteiger partial charge in [0.25, 0.3) is 0 Å². The van der Waals surface area contributed by atoms with E-state index in [-0.39, 0.29) is 5.41 Å². The summed E-state index contributed by atoms with van der Waals surface area (Å²) in [4.78, 5) is 0. The highest BCUT2D eigenvalue weighted by atomic mass is 79.9. The molecule has 2 fully saturated rings. The molecule has 0 bridgehead atoms. The van der Waals surface area contributed by atoms with Gasteiger partial charge in [0, 0.05) is 15.9 Å². The van der Waals surface area contributed by atoms with Crippen LogP contribution in [0.2, 0.25) is 0 Å². The maximum Gasteiger partial charge on any atom is 0.0588 e. The summed E-state index contributed by atoms with van der Waals surface area (Å²) in [6, 6.07) is 9.21. The van der Waals surface area contributed by atoms with Crippen LogP contribution >= 0.6 is 15.9 Å². The van der Waals surface area contributed by atoms with Crippen LogP contribution < -0.4 is 5.73 Å². The molecule has 0 unspecified atom stereocenters. The zero-order valence-corrected chi connectivity index (χ0v) is 12.2. The Morgan fingerprint density at radius 3 is 2.17 bits per heavy atom. The smallest absolute Gasteiger partial charge is 0.0588 e. The lowest BCUT2D eigenvalue weighted by Gasteiger charge is -2.49. The van der Waals surface area contributed by atoms with Crippen molar-refractivity contribution in [3.63, 3.8) is 0 Å². The van der Waals surface area contributed by atoms with Gasteiger partial charge in [-0.25, -0.2) is 0 Å². The molecule has 1 saturated carbocycles. The molecule has 1 aliphatic carbocycles. The first-order valence-electron chi connectivity index (χ1n) is 6.80. The molecule has 1 aliphatic heterocycles. The minimum atomic E-state index is 0.265. The Labute approximate surface area is 117 Å². The van der Waals surface area contributed by atoms with Gasteiger partial charge in [0.1, 0.15) is 0 Å². The highest BCUT2D eigenvalue weighted by Crippen LogP contribution is 2.45. The van der Waals surface area contributed by atoms with E-state index < -0.39 is 0 Å². The van der Waals surface area contributed by atoms with Gasteiger partial charge in [0.2, 0.25) is 0 Å². The first kappa shape index (κ1) is 12.6. The molecule has 1 aromatic carbocycles. The molecule has 0 spiro atoms. The molecule has 3 rings (SSSR count). The highest BCUT2D eigenvalue weighted by Gasteiger charge is 2.47. The molecule has 2 nitrogen and oxygen atoms in total. The minimum absolute atomic E-state index is 0.265. The predicted octanol–water partition coefficient (Wildman–Crippen LogP) is 3.23. The number of benzene rings is 1. The monoisotopic (exact) mass is 309 g/mol. The second-order valence-corrected chi connectivity index (χ2v) is 6.68. The van der Waals surface area contributed by atoms with E-state index in [1.165, 1.54) is 31.2 Å². The predicted molar refractivity (Wildman–Crippen MR) is 76.6 cm³/mol. The summed E-state index contributed by atoms with van der Waals surface area (Å²) in [6.07, 6.45) is 4.84. The highest BCUT2D eigenvalue weighted by molar-refractivity contribution is 9.10. The fourth-order valence-electron chi connectivity index (χ4n) is 3.41. The molecule has 0 radical (unpaired) electrons. The number of hydrogen-bond acceptors (Lipinski definition) is 2. The normalized spacial score (nSPS) is 30.8. The summed E-state index contributed by atoms with van der Waals surface area (Å²) in [5.74, 6) is 0.743. The lowest BCUT2D eigenvalue weighted by molar-refractivity contribution is -0.0984. The van der Waals surface area contributed by atoms with E-state index in [0.29, 0.717) is 6.04 Å². The third-order valence-corrected chi connectivity index (χ3v) is 5.22. The first-order valence-corrected chi connectivity index (χ1v) is 7.59. The topological polar surface area (TPSA) is 35.2 Å². The molecule has 0 aromatic heterocycles. The van der Waals surface area contributed by atoms with Crippen molar-refractivity contribution >= 4 is 15.9 Å². The van der Waals surface area contributed by atoms with Crippen molar-refractivity contribution in [2.45, 2.75) is 37.1 Å². The molecule has 2 aliphatic rings. The van der Waals surface area contributed by atoms with E-state index in [4.69, 9.17) is 10.5 Å². The van der Waals surface area contributed by atoms with Crippen LogP contribution in [-0.2, 0) is 10.2 Å². The Bertz CT molecular complexity index is 405. The molecule has 1 aromatic rings. The van der Waals surface area contributed by atoms with Gasteiger partial charge in [-0.05, 0) is 49.3 Å². The summed E-state index contributed by atoms with van der Waals surface area (Å²) in [5.41, 5.74) is 7.73. The third-order valence-electron chi connectivity index (χ3n) is 4.69. The van der Waals surface area contributed by atoms with Gasteiger partial charge < -0.3 is 10.5 Å². The van der Waals surface area contributed by atoms with Crippen LogP contribution in [-0.4, -0.2) is 19.3 Å². The average Bonchev–Trinajstić information content (AvgIpc) is 2.32. The number of ether oxygens (including phenoxy) is 1. The second kappa shape index (κ2) is 4.95. The lowest BCUT2D eigenvalue weighted by Crippen LogP contribution is -2.53. The molecule has 0 amide bonds. The Hall–Kier alpha value is -0.380. The van der Waals surface area contributed by atoms with Crippen molar-refractivity contribution < 1.29 is 4.74 Å². The number of rotatable bonds is 2. The van der Waals surface area contributed by atoms with Crippen LogP contribution in [0.25, 0.3) is 0 Å². The summed E-state index contributed by atoms with van der Waals surface area (Å²) in [5, 5.41) is 0. The third kappa shape index (κ3) is 2.13. The van der Waals surface area contributed by atoms with Gasteiger partial charge >= 0.3 is 0 Å². The van der Waals surface area contributed by atoms with E-state index in [1.807, 2.05) is 0 Å². The number of nitrogens with two attached hydrogens (primary N) is 1. The Balaban J connectivity index is 1.83. The molecular weight excluding hydrogens is 290 g/mol. The minimum Gasteiger partial charge on any atom is -0.379 e. The van der Waals surface area contributed by atoms with E-state index in [0.717, 1.165) is 23.6 Å². The molecular formula is C15H20BrNO. The van der Waals surface area contributed by atoms with E-state index in [1.54, 1.807) is 0 Å². The molecule has 3 heteroatoms. The largest absolute Gasteiger partial charge is 0.379 e. The number of hydrogen-bond donors (Lipinski definition) is 1. The van der Waals surface area contributed by atoms with Gasteiger partial charge in [-0.15, -0.1) is 0 Å². The van der Waals surface area contributed by atoms with Crippen molar-refractivity contribution in [1.82, 2.24) is 0 Å². The second-order valence-electron chi connectivity index (χ2n) is 5.77. The van der Waals surface area contributed by atoms with Crippen molar-refractivity contribution in [1.29, 1.82) is 0 Å². The van der Waals surface area contributed by atoms with Crippen LogP contribution in [0, 0.1) is 5.92 Å². The lowest BCUT2D eigenvalue weighted by atomic mass is 9.63. The Kier molecular flexibility index (Phi) is 3.48. The maximum atomic E-state index is 6.02. The molecule has 2 N–H and O–H groups in total. The average molecular weight is 310 g/mol. The summed E-state index contributed by atoms with van der Waals surface area (Å²) in [7, 11) is 0. The Morgan fingerprint density at radius 1 is 1.06 bits per heavy atom. The van der Waals surface area contributed by atoms with Crippen molar-refractivity contribution in [2.24, 2.45) is 11.7 Å². The summed E-state index contributed by atoms with van der Waals surface area (Å²) >= 11 is 3.51. The first-order chi connectivity index (χ1) is 8.71. The molecule has 0 atom stereocenters.